The van der Waals surface area contributed by atoms with E-state index in [9.17, 15) is 21.6 Å². The van der Waals surface area contributed by atoms with Crippen LogP contribution in [0.4, 0.5) is 0 Å². The van der Waals surface area contributed by atoms with Crippen molar-refractivity contribution in [3.8, 4) is 0 Å². The fraction of sp³-hybridized carbons (Fsp3) is 0.500. The van der Waals surface area contributed by atoms with Crippen LogP contribution < -0.4 is 4.72 Å². The third kappa shape index (κ3) is 4.69. The van der Waals surface area contributed by atoms with Crippen molar-refractivity contribution in [1.29, 1.82) is 0 Å². The van der Waals surface area contributed by atoms with E-state index in [0.29, 0.717) is 18.0 Å². The van der Waals surface area contributed by atoms with Crippen LogP contribution in [0.5, 0.6) is 0 Å². The standard InChI is InChI=1S/C14H19ClN2O5S2/c1-2-17(12-7-8-23(19,20)10-12)14(18)9-16-24(21,22)13-5-3-11(15)4-6-13/h3-6,12,16H,2,7-10H2,1H3. The van der Waals surface area contributed by atoms with Crippen LogP contribution in [0, 0.1) is 0 Å². The Bertz CT molecular complexity index is 806. The summed E-state index contributed by atoms with van der Waals surface area (Å²) in [7, 11) is -6.95. The number of rotatable bonds is 6. The predicted molar refractivity (Wildman–Crippen MR) is 91.1 cm³/mol. The van der Waals surface area contributed by atoms with Crippen molar-refractivity contribution in [3.63, 3.8) is 0 Å². The molecule has 1 atom stereocenters. The summed E-state index contributed by atoms with van der Waals surface area (Å²) in [6, 6.07) is 5.18. The minimum atomic E-state index is -3.83. The highest BCUT2D eigenvalue weighted by Gasteiger charge is 2.34. The predicted octanol–water partition coefficient (Wildman–Crippen LogP) is 0.654. The molecule has 1 N–H and O–H groups in total. The fourth-order valence-electron chi connectivity index (χ4n) is 2.61. The van der Waals surface area contributed by atoms with E-state index in [4.69, 9.17) is 11.6 Å². The first-order chi connectivity index (χ1) is 11.1. The monoisotopic (exact) mass is 394 g/mol. The number of likely N-dealkylation sites (N-methyl/N-ethyl adjacent to an activating group) is 1. The van der Waals surface area contributed by atoms with Gasteiger partial charge in [0.05, 0.1) is 22.9 Å². The van der Waals surface area contributed by atoms with E-state index in [1.165, 1.54) is 29.2 Å². The number of halogens is 1. The summed E-state index contributed by atoms with van der Waals surface area (Å²) in [5.74, 6) is -0.466. The summed E-state index contributed by atoms with van der Waals surface area (Å²) in [6.07, 6.45) is 0.381. The van der Waals surface area contributed by atoms with E-state index in [-0.39, 0.29) is 16.4 Å². The molecule has 1 unspecified atom stereocenters. The van der Waals surface area contributed by atoms with Crippen LogP contribution in [0.15, 0.2) is 29.2 Å². The molecule has 2 rings (SSSR count). The highest BCUT2D eigenvalue weighted by molar-refractivity contribution is 7.91. The Labute approximate surface area is 147 Å². The number of amides is 1. The van der Waals surface area contributed by atoms with Gasteiger partial charge in [0.25, 0.3) is 0 Å². The molecule has 0 radical (unpaired) electrons. The summed E-state index contributed by atoms with van der Waals surface area (Å²) in [6.45, 7) is 1.63. The van der Waals surface area contributed by atoms with Crippen molar-refractivity contribution in [2.45, 2.75) is 24.3 Å². The number of hydrogen-bond donors (Lipinski definition) is 1. The molecule has 1 amide bonds. The molecule has 24 heavy (non-hydrogen) atoms. The maximum Gasteiger partial charge on any atom is 0.241 e. The minimum Gasteiger partial charge on any atom is -0.338 e. The molecule has 0 spiro atoms. The lowest BCUT2D eigenvalue weighted by Gasteiger charge is -2.27. The number of hydrogen-bond acceptors (Lipinski definition) is 5. The average molecular weight is 395 g/mol. The molecule has 1 aliphatic rings. The highest BCUT2D eigenvalue weighted by atomic mass is 35.5. The molecule has 1 heterocycles. The summed E-state index contributed by atoms with van der Waals surface area (Å²) in [4.78, 5) is 13.7. The van der Waals surface area contributed by atoms with Gasteiger partial charge in [-0.15, -0.1) is 0 Å². The van der Waals surface area contributed by atoms with Crippen LogP contribution in [0.1, 0.15) is 13.3 Å². The van der Waals surface area contributed by atoms with E-state index in [1.54, 1.807) is 6.92 Å². The number of sulfonamides is 1. The lowest BCUT2D eigenvalue weighted by Crippen LogP contribution is -2.46. The summed E-state index contributed by atoms with van der Waals surface area (Å²) in [5.41, 5.74) is 0. The molecular weight excluding hydrogens is 376 g/mol. The molecule has 0 aromatic heterocycles. The normalized spacial score (nSPS) is 20.0. The Morgan fingerprint density at radius 3 is 2.46 bits per heavy atom. The Hall–Kier alpha value is -1.16. The maximum absolute atomic E-state index is 12.3. The smallest absolute Gasteiger partial charge is 0.241 e. The number of nitrogens with one attached hydrogen (secondary N) is 1. The number of sulfone groups is 1. The van der Waals surface area contributed by atoms with E-state index in [0.717, 1.165) is 0 Å². The van der Waals surface area contributed by atoms with Gasteiger partial charge in [0.2, 0.25) is 15.9 Å². The van der Waals surface area contributed by atoms with Crippen LogP contribution in [0.2, 0.25) is 5.02 Å². The quantitative estimate of drug-likeness (QED) is 0.763. The molecular formula is C14H19ClN2O5S2. The Kier molecular flexibility index (Phi) is 5.90. The molecule has 10 heteroatoms. The third-order valence-corrected chi connectivity index (χ3v) is 7.27. The van der Waals surface area contributed by atoms with Gasteiger partial charge in [0.15, 0.2) is 9.84 Å². The van der Waals surface area contributed by atoms with Crippen molar-refractivity contribution in [2.75, 3.05) is 24.6 Å². The van der Waals surface area contributed by atoms with Gasteiger partial charge in [0.1, 0.15) is 0 Å². The van der Waals surface area contributed by atoms with Crippen LogP contribution in [0.3, 0.4) is 0 Å². The van der Waals surface area contributed by atoms with Crippen molar-refractivity contribution in [3.05, 3.63) is 29.3 Å². The van der Waals surface area contributed by atoms with Gasteiger partial charge < -0.3 is 4.90 Å². The molecule has 1 aromatic carbocycles. The van der Waals surface area contributed by atoms with Gasteiger partial charge in [0, 0.05) is 17.6 Å². The van der Waals surface area contributed by atoms with Gasteiger partial charge in [-0.1, -0.05) is 11.6 Å². The third-order valence-electron chi connectivity index (χ3n) is 3.85. The second-order valence-corrected chi connectivity index (χ2v) is 9.95. The molecule has 134 valence electrons. The molecule has 1 aromatic rings. The first-order valence-corrected chi connectivity index (χ1v) is 11.1. The molecule has 0 saturated carbocycles. The fourth-order valence-corrected chi connectivity index (χ4v) is 5.45. The van der Waals surface area contributed by atoms with E-state index in [2.05, 4.69) is 4.72 Å². The van der Waals surface area contributed by atoms with Crippen LogP contribution in [-0.2, 0) is 24.7 Å². The Morgan fingerprint density at radius 1 is 1.33 bits per heavy atom. The van der Waals surface area contributed by atoms with Crippen molar-refractivity contribution in [2.24, 2.45) is 0 Å². The van der Waals surface area contributed by atoms with E-state index >= 15 is 0 Å². The summed E-state index contributed by atoms with van der Waals surface area (Å²) in [5, 5.41) is 0.407. The zero-order valence-electron chi connectivity index (χ0n) is 13.1. The molecule has 1 saturated heterocycles. The van der Waals surface area contributed by atoms with Crippen molar-refractivity contribution >= 4 is 37.4 Å². The molecule has 0 bridgehead atoms. The topological polar surface area (TPSA) is 101 Å². The van der Waals surface area contributed by atoms with Crippen LogP contribution in [0.25, 0.3) is 0 Å². The molecule has 7 nitrogen and oxygen atoms in total. The molecule has 1 aliphatic heterocycles. The lowest BCUT2D eigenvalue weighted by molar-refractivity contribution is -0.131. The SMILES string of the molecule is CCN(C(=O)CNS(=O)(=O)c1ccc(Cl)cc1)C1CCS(=O)(=O)C1. The second-order valence-electron chi connectivity index (χ2n) is 5.52. The molecule has 1 fully saturated rings. The second kappa shape index (κ2) is 7.38. The number of nitrogens with zero attached hydrogens (tertiary/aromatic N) is 1. The zero-order valence-corrected chi connectivity index (χ0v) is 15.5. The Morgan fingerprint density at radius 2 is 1.96 bits per heavy atom. The molecule has 0 aliphatic carbocycles. The van der Waals surface area contributed by atoms with Gasteiger partial charge in [-0.2, -0.15) is 0 Å². The van der Waals surface area contributed by atoms with Crippen molar-refractivity contribution in [1.82, 2.24) is 9.62 Å². The summed E-state index contributed by atoms with van der Waals surface area (Å²) >= 11 is 5.72. The first kappa shape index (κ1) is 19.2. The average Bonchev–Trinajstić information content (AvgIpc) is 2.86. The maximum atomic E-state index is 12.3. The van der Waals surface area contributed by atoms with Gasteiger partial charge in [-0.25, -0.2) is 21.6 Å². The van der Waals surface area contributed by atoms with Crippen molar-refractivity contribution < 1.29 is 21.6 Å². The first-order valence-electron chi connectivity index (χ1n) is 7.40. The Balaban J connectivity index is 2.02. The number of carbonyl (C=O) groups excluding carboxylic acids is 1. The highest BCUT2D eigenvalue weighted by Crippen LogP contribution is 2.18. The summed E-state index contributed by atoms with van der Waals surface area (Å²) < 4.78 is 49.7. The van der Waals surface area contributed by atoms with Gasteiger partial charge >= 0.3 is 0 Å². The minimum absolute atomic E-state index is 0.00573. The van der Waals surface area contributed by atoms with E-state index in [1.807, 2.05) is 0 Å². The zero-order chi connectivity index (χ0) is 18.0. The number of benzene rings is 1. The van der Waals surface area contributed by atoms with Gasteiger partial charge in [-0.05, 0) is 37.6 Å². The lowest BCUT2D eigenvalue weighted by atomic mass is 10.2. The largest absolute Gasteiger partial charge is 0.338 e. The van der Waals surface area contributed by atoms with Gasteiger partial charge in [-0.3, -0.25) is 4.79 Å². The van der Waals surface area contributed by atoms with E-state index < -0.39 is 38.4 Å². The van der Waals surface area contributed by atoms with Crippen LogP contribution in [-0.4, -0.2) is 58.3 Å². The van der Waals surface area contributed by atoms with Crippen LogP contribution >= 0.6 is 11.6 Å². The number of carbonyl (C=O) groups is 1.